The summed E-state index contributed by atoms with van der Waals surface area (Å²) in [6.45, 7) is 2.05. The predicted molar refractivity (Wildman–Crippen MR) is 60.3 cm³/mol. The molecule has 0 fully saturated rings. The van der Waals surface area contributed by atoms with Gasteiger partial charge in [-0.3, -0.25) is 0 Å². The summed E-state index contributed by atoms with van der Waals surface area (Å²) < 4.78 is 0. The van der Waals surface area contributed by atoms with Crippen molar-refractivity contribution in [3.05, 3.63) is 36.0 Å². The summed E-state index contributed by atoms with van der Waals surface area (Å²) >= 11 is 0. The van der Waals surface area contributed by atoms with E-state index < -0.39 is 0 Å². The van der Waals surface area contributed by atoms with E-state index in [0.29, 0.717) is 0 Å². The maximum Gasteiger partial charge on any atom is 0.0456 e. The first-order valence-corrected chi connectivity index (χ1v) is 5.07. The number of hydrogen-bond donors (Lipinski definition) is 2. The summed E-state index contributed by atoms with van der Waals surface area (Å²) in [5.41, 5.74) is 8.30. The zero-order valence-electron chi connectivity index (χ0n) is 8.46. The quantitative estimate of drug-likeness (QED) is 0.763. The molecule has 2 aromatic rings. The van der Waals surface area contributed by atoms with Gasteiger partial charge in [-0.1, -0.05) is 12.1 Å². The van der Waals surface area contributed by atoms with Crippen LogP contribution in [-0.4, -0.2) is 11.0 Å². The molecule has 0 bridgehead atoms. The van der Waals surface area contributed by atoms with E-state index in [-0.39, 0.29) is 6.04 Å². The molecule has 0 spiro atoms. The van der Waals surface area contributed by atoms with E-state index in [0.717, 1.165) is 12.8 Å². The zero-order chi connectivity index (χ0) is 9.97. The molecule has 1 heterocycles. The number of fused-ring (bicyclic) bond motifs is 1. The molecule has 2 heteroatoms. The monoisotopic (exact) mass is 188 g/mol. The number of aryl methyl sites for hydroxylation is 1. The number of rotatable bonds is 3. The second-order valence-corrected chi connectivity index (χ2v) is 3.92. The van der Waals surface area contributed by atoms with E-state index in [4.69, 9.17) is 5.73 Å². The molecule has 0 unspecified atom stereocenters. The summed E-state index contributed by atoms with van der Waals surface area (Å²) in [5.74, 6) is 0. The largest absolute Gasteiger partial charge is 0.361 e. The van der Waals surface area contributed by atoms with E-state index in [2.05, 4.69) is 29.2 Å². The molecule has 0 amide bonds. The lowest BCUT2D eigenvalue weighted by atomic mass is 10.1. The molecule has 2 rings (SSSR count). The average molecular weight is 188 g/mol. The van der Waals surface area contributed by atoms with E-state index >= 15 is 0 Å². The third-order valence-electron chi connectivity index (χ3n) is 2.51. The fourth-order valence-corrected chi connectivity index (χ4v) is 1.64. The van der Waals surface area contributed by atoms with Crippen molar-refractivity contribution in [2.24, 2.45) is 5.73 Å². The SMILES string of the molecule is C[C@@H](N)CCc1ccc2cc[nH]c2c1. The summed E-state index contributed by atoms with van der Waals surface area (Å²) in [6.07, 6.45) is 4.08. The van der Waals surface area contributed by atoms with Gasteiger partial charge in [0.2, 0.25) is 0 Å². The molecule has 1 atom stereocenters. The van der Waals surface area contributed by atoms with Gasteiger partial charge in [0.05, 0.1) is 0 Å². The van der Waals surface area contributed by atoms with Crippen LogP contribution in [-0.2, 0) is 6.42 Å². The molecule has 0 aliphatic heterocycles. The molecule has 2 nitrogen and oxygen atoms in total. The Bertz CT molecular complexity index is 415. The van der Waals surface area contributed by atoms with Crippen molar-refractivity contribution >= 4 is 10.9 Å². The summed E-state index contributed by atoms with van der Waals surface area (Å²) in [5, 5.41) is 1.27. The standard InChI is InChI=1S/C12H16N2/c1-9(13)2-3-10-4-5-11-6-7-14-12(11)8-10/h4-9,14H,2-3,13H2,1H3/t9-/m1/s1. The number of hydrogen-bond acceptors (Lipinski definition) is 1. The fourth-order valence-electron chi connectivity index (χ4n) is 1.64. The van der Waals surface area contributed by atoms with Crippen LogP contribution in [0.3, 0.4) is 0 Å². The van der Waals surface area contributed by atoms with Crippen LogP contribution in [0.4, 0.5) is 0 Å². The number of aromatic amines is 1. The topological polar surface area (TPSA) is 41.8 Å². The minimum absolute atomic E-state index is 0.286. The van der Waals surface area contributed by atoms with Gasteiger partial charge >= 0.3 is 0 Å². The minimum atomic E-state index is 0.286. The first-order chi connectivity index (χ1) is 6.75. The molecule has 0 aliphatic carbocycles. The van der Waals surface area contributed by atoms with Crippen LogP contribution in [0, 0.1) is 0 Å². The van der Waals surface area contributed by atoms with E-state index in [1.807, 2.05) is 13.1 Å². The first kappa shape index (κ1) is 9.28. The highest BCUT2D eigenvalue weighted by Gasteiger charge is 1.99. The lowest BCUT2D eigenvalue weighted by Gasteiger charge is -2.04. The Morgan fingerprint density at radius 2 is 2.21 bits per heavy atom. The second-order valence-electron chi connectivity index (χ2n) is 3.92. The Morgan fingerprint density at radius 1 is 1.36 bits per heavy atom. The molecule has 74 valence electrons. The number of benzene rings is 1. The number of nitrogens with two attached hydrogens (primary N) is 1. The Kier molecular flexibility index (Phi) is 2.55. The fraction of sp³-hybridized carbons (Fsp3) is 0.333. The highest BCUT2D eigenvalue weighted by Crippen LogP contribution is 2.15. The zero-order valence-corrected chi connectivity index (χ0v) is 8.46. The summed E-state index contributed by atoms with van der Waals surface area (Å²) in [4.78, 5) is 3.22. The van der Waals surface area contributed by atoms with Crippen molar-refractivity contribution in [3.63, 3.8) is 0 Å². The number of aromatic nitrogens is 1. The van der Waals surface area contributed by atoms with Crippen LogP contribution < -0.4 is 5.73 Å². The van der Waals surface area contributed by atoms with Crippen molar-refractivity contribution in [1.29, 1.82) is 0 Å². The molecule has 0 aliphatic rings. The predicted octanol–water partition coefficient (Wildman–Crippen LogP) is 2.45. The number of H-pyrrole nitrogens is 1. The van der Waals surface area contributed by atoms with Crippen molar-refractivity contribution in [3.8, 4) is 0 Å². The van der Waals surface area contributed by atoms with Gasteiger partial charge in [0.1, 0.15) is 0 Å². The Morgan fingerprint density at radius 3 is 3.00 bits per heavy atom. The molecule has 1 aromatic carbocycles. The van der Waals surface area contributed by atoms with E-state index in [1.165, 1.54) is 16.5 Å². The summed E-state index contributed by atoms with van der Waals surface area (Å²) in [7, 11) is 0. The first-order valence-electron chi connectivity index (χ1n) is 5.07. The van der Waals surface area contributed by atoms with Gasteiger partial charge in [-0.15, -0.1) is 0 Å². The van der Waals surface area contributed by atoms with Gasteiger partial charge in [0.15, 0.2) is 0 Å². The van der Waals surface area contributed by atoms with Gasteiger partial charge in [0, 0.05) is 17.8 Å². The van der Waals surface area contributed by atoms with Crippen LogP contribution in [0.5, 0.6) is 0 Å². The molecular formula is C12H16N2. The summed E-state index contributed by atoms with van der Waals surface area (Å²) in [6, 6.07) is 8.91. The lowest BCUT2D eigenvalue weighted by molar-refractivity contribution is 0.666. The molecule has 3 N–H and O–H groups in total. The molecule has 0 saturated carbocycles. The molecule has 0 saturated heterocycles. The maximum absolute atomic E-state index is 5.73. The van der Waals surface area contributed by atoms with Crippen LogP contribution in [0.15, 0.2) is 30.5 Å². The van der Waals surface area contributed by atoms with Gasteiger partial charge in [-0.05, 0) is 42.8 Å². The molecule has 0 radical (unpaired) electrons. The Hall–Kier alpha value is -1.28. The molecular weight excluding hydrogens is 172 g/mol. The van der Waals surface area contributed by atoms with Gasteiger partial charge in [0.25, 0.3) is 0 Å². The smallest absolute Gasteiger partial charge is 0.0456 e. The average Bonchev–Trinajstić information content (AvgIpc) is 2.61. The van der Waals surface area contributed by atoms with E-state index in [1.54, 1.807) is 0 Å². The van der Waals surface area contributed by atoms with Crippen LogP contribution in [0.2, 0.25) is 0 Å². The van der Waals surface area contributed by atoms with Gasteiger partial charge < -0.3 is 10.7 Å². The van der Waals surface area contributed by atoms with Crippen molar-refractivity contribution in [1.82, 2.24) is 4.98 Å². The van der Waals surface area contributed by atoms with Crippen molar-refractivity contribution in [2.75, 3.05) is 0 Å². The van der Waals surface area contributed by atoms with E-state index in [9.17, 15) is 0 Å². The third kappa shape index (κ3) is 1.96. The highest BCUT2D eigenvalue weighted by atomic mass is 14.7. The van der Waals surface area contributed by atoms with Gasteiger partial charge in [-0.25, -0.2) is 0 Å². The lowest BCUT2D eigenvalue weighted by Crippen LogP contribution is -2.15. The molecule has 1 aromatic heterocycles. The minimum Gasteiger partial charge on any atom is -0.361 e. The van der Waals surface area contributed by atoms with Crippen molar-refractivity contribution < 1.29 is 0 Å². The highest BCUT2D eigenvalue weighted by molar-refractivity contribution is 5.79. The normalized spacial score (nSPS) is 13.3. The van der Waals surface area contributed by atoms with Crippen molar-refractivity contribution in [2.45, 2.75) is 25.8 Å². The Balaban J connectivity index is 2.17. The van der Waals surface area contributed by atoms with Crippen LogP contribution >= 0.6 is 0 Å². The van der Waals surface area contributed by atoms with Gasteiger partial charge in [-0.2, -0.15) is 0 Å². The van der Waals surface area contributed by atoms with Crippen LogP contribution in [0.1, 0.15) is 18.9 Å². The molecule has 14 heavy (non-hydrogen) atoms. The Labute approximate surface area is 84.1 Å². The third-order valence-corrected chi connectivity index (χ3v) is 2.51. The van der Waals surface area contributed by atoms with Crippen LogP contribution in [0.25, 0.3) is 10.9 Å². The number of nitrogens with one attached hydrogen (secondary N) is 1. The maximum atomic E-state index is 5.73. The second kappa shape index (κ2) is 3.84.